The number of allylic oxidation sites excluding steroid dienone is 6. The first-order chi connectivity index (χ1) is 6.16. The van der Waals surface area contributed by atoms with E-state index >= 15 is 0 Å². The first-order valence-corrected chi connectivity index (χ1v) is 4.06. The lowest BCUT2D eigenvalue weighted by Crippen LogP contribution is -2.27. The summed E-state index contributed by atoms with van der Waals surface area (Å²) in [5.41, 5.74) is 1.71. The molecule has 0 spiro atoms. The van der Waals surface area contributed by atoms with Gasteiger partial charge in [-0.2, -0.15) is 0 Å². The zero-order valence-electron chi connectivity index (χ0n) is 8.07. The van der Waals surface area contributed by atoms with Gasteiger partial charge in [0.05, 0.1) is 7.11 Å². The molecule has 0 aromatic carbocycles. The Morgan fingerprint density at radius 3 is 2.08 bits per heavy atom. The predicted molar refractivity (Wildman–Crippen MR) is 50.9 cm³/mol. The Labute approximate surface area is 78.0 Å². The minimum absolute atomic E-state index is 0.355. The normalized spacial score (nSPS) is 16.1. The van der Waals surface area contributed by atoms with E-state index in [0.717, 1.165) is 11.4 Å². The molecule has 0 atom stereocenters. The van der Waals surface area contributed by atoms with Gasteiger partial charge in [0.2, 0.25) is 0 Å². The summed E-state index contributed by atoms with van der Waals surface area (Å²) >= 11 is 0. The van der Waals surface area contributed by atoms with E-state index in [1.807, 2.05) is 38.2 Å². The molecular weight excluding hydrogens is 166 g/mol. The first kappa shape index (κ1) is 9.58. The van der Waals surface area contributed by atoms with E-state index in [2.05, 4.69) is 4.74 Å². The van der Waals surface area contributed by atoms with E-state index in [1.54, 1.807) is 0 Å². The summed E-state index contributed by atoms with van der Waals surface area (Å²) in [7, 11) is 1.38. The van der Waals surface area contributed by atoms with Gasteiger partial charge in [-0.25, -0.2) is 4.79 Å². The van der Waals surface area contributed by atoms with E-state index in [0.29, 0.717) is 0 Å². The Hall–Kier alpha value is -1.51. The number of hydrogen-bond donors (Lipinski definition) is 0. The molecule has 0 saturated heterocycles. The van der Waals surface area contributed by atoms with Crippen molar-refractivity contribution in [2.75, 3.05) is 7.11 Å². The Morgan fingerprint density at radius 2 is 1.69 bits per heavy atom. The van der Waals surface area contributed by atoms with Gasteiger partial charge in [0, 0.05) is 11.4 Å². The van der Waals surface area contributed by atoms with Crippen LogP contribution in [0.4, 0.5) is 4.79 Å². The van der Waals surface area contributed by atoms with Crippen LogP contribution in [0.15, 0.2) is 35.7 Å². The number of rotatable bonds is 0. The molecule has 0 saturated carbocycles. The molecule has 0 fully saturated rings. The van der Waals surface area contributed by atoms with E-state index in [-0.39, 0.29) is 6.09 Å². The highest BCUT2D eigenvalue weighted by molar-refractivity contribution is 5.72. The van der Waals surface area contributed by atoms with Gasteiger partial charge in [-0.1, -0.05) is 12.2 Å². The van der Waals surface area contributed by atoms with Crippen molar-refractivity contribution in [2.45, 2.75) is 13.8 Å². The molecular formula is C10H13NO2. The molecule has 1 aliphatic rings. The van der Waals surface area contributed by atoms with Crippen molar-refractivity contribution in [1.82, 2.24) is 4.90 Å². The minimum Gasteiger partial charge on any atom is -0.452 e. The summed E-state index contributed by atoms with van der Waals surface area (Å²) in [6.07, 6.45) is 7.16. The van der Waals surface area contributed by atoms with Crippen LogP contribution in [0, 0.1) is 0 Å². The standard InChI is InChI=1S/C10H13NO2/c1-8-6-4-5-7-9(2)11(8)10(12)13-3/h4-7H,1-3H3. The summed E-state index contributed by atoms with van der Waals surface area (Å²) in [6, 6.07) is 0. The molecule has 0 aromatic rings. The second-order valence-corrected chi connectivity index (χ2v) is 2.81. The molecule has 0 radical (unpaired) electrons. The highest BCUT2D eigenvalue weighted by atomic mass is 16.5. The lowest BCUT2D eigenvalue weighted by Gasteiger charge is -2.21. The highest BCUT2D eigenvalue weighted by Gasteiger charge is 2.17. The molecule has 1 aliphatic heterocycles. The predicted octanol–water partition coefficient (Wildman–Crippen LogP) is 2.43. The molecule has 13 heavy (non-hydrogen) atoms. The maximum atomic E-state index is 11.3. The summed E-state index contributed by atoms with van der Waals surface area (Å²) in [5.74, 6) is 0. The number of carbonyl (C=O) groups excluding carboxylic acids is 1. The number of ether oxygens (including phenoxy) is 1. The van der Waals surface area contributed by atoms with Gasteiger partial charge in [-0.05, 0) is 26.0 Å². The van der Waals surface area contributed by atoms with Crippen molar-refractivity contribution in [1.29, 1.82) is 0 Å². The van der Waals surface area contributed by atoms with E-state index in [4.69, 9.17) is 0 Å². The number of nitrogens with zero attached hydrogens (tertiary/aromatic N) is 1. The SMILES string of the molecule is COC(=O)N1C(C)=CC=CC=C1C. The fraction of sp³-hybridized carbons (Fsp3) is 0.300. The molecule has 3 nitrogen and oxygen atoms in total. The van der Waals surface area contributed by atoms with Gasteiger partial charge in [-0.15, -0.1) is 0 Å². The number of amides is 1. The van der Waals surface area contributed by atoms with Gasteiger partial charge >= 0.3 is 6.09 Å². The summed E-state index contributed by atoms with van der Waals surface area (Å²) in [5, 5.41) is 0. The third-order valence-corrected chi connectivity index (χ3v) is 1.85. The molecule has 0 bridgehead atoms. The molecule has 3 heteroatoms. The minimum atomic E-state index is -0.355. The molecule has 1 rings (SSSR count). The molecule has 0 aliphatic carbocycles. The second kappa shape index (κ2) is 3.94. The van der Waals surface area contributed by atoms with E-state index in [1.165, 1.54) is 12.0 Å². The Bertz CT molecular complexity index is 278. The zero-order valence-corrected chi connectivity index (χ0v) is 8.07. The fourth-order valence-electron chi connectivity index (χ4n) is 1.20. The fourth-order valence-corrected chi connectivity index (χ4v) is 1.20. The average Bonchev–Trinajstić information content (AvgIpc) is 2.27. The lowest BCUT2D eigenvalue weighted by molar-refractivity contribution is 0.145. The molecule has 0 N–H and O–H groups in total. The highest BCUT2D eigenvalue weighted by Crippen LogP contribution is 2.16. The maximum Gasteiger partial charge on any atom is 0.418 e. The molecule has 1 amide bonds. The first-order valence-electron chi connectivity index (χ1n) is 4.06. The van der Waals surface area contributed by atoms with Crippen LogP contribution in [-0.2, 0) is 4.74 Å². The largest absolute Gasteiger partial charge is 0.452 e. The Kier molecular flexibility index (Phi) is 2.90. The number of methoxy groups -OCH3 is 1. The van der Waals surface area contributed by atoms with Crippen LogP contribution in [0.1, 0.15) is 13.8 Å². The van der Waals surface area contributed by atoms with Crippen molar-refractivity contribution in [2.24, 2.45) is 0 Å². The average molecular weight is 179 g/mol. The smallest absolute Gasteiger partial charge is 0.418 e. The lowest BCUT2D eigenvalue weighted by atomic mass is 10.3. The third kappa shape index (κ3) is 1.99. The van der Waals surface area contributed by atoms with Gasteiger partial charge in [0.25, 0.3) is 0 Å². The monoisotopic (exact) mass is 179 g/mol. The Morgan fingerprint density at radius 1 is 1.23 bits per heavy atom. The van der Waals surface area contributed by atoms with Crippen molar-refractivity contribution >= 4 is 6.09 Å². The van der Waals surface area contributed by atoms with E-state index < -0.39 is 0 Å². The van der Waals surface area contributed by atoms with Gasteiger partial charge in [0.15, 0.2) is 0 Å². The van der Waals surface area contributed by atoms with Crippen molar-refractivity contribution in [3.63, 3.8) is 0 Å². The van der Waals surface area contributed by atoms with Crippen molar-refractivity contribution < 1.29 is 9.53 Å². The zero-order chi connectivity index (χ0) is 9.84. The van der Waals surface area contributed by atoms with E-state index in [9.17, 15) is 4.79 Å². The van der Waals surface area contributed by atoms with Gasteiger partial charge < -0.3 is 4.74 Å². The van der Waals surface area contributed by atoms with Crippen LogP contribution in [0.5, 0.6) is 0 Å². The summed E-state index contributed by atoms with van der Waals surface area (Å²) in [6.45, 7) is 3.73. The van der Waals surface area contributed by atoms with Crippen LogP contribution in [-0.4, -0.2) is 18.1 Å². The van der Waals surface area contributed by atoms with Gasteiger partial charge in [0.1, 0.15) is 0 Å². The second-order valence-electron chi connectivity index (χ2n) is 2.81. The number of hydrogen-bond acceptors (Lipinski definition) is 2. The molecule has 1 heterocycles. The maximum absolute atomic E-state index is 11.3. The molecule has 0 unspecified atom stereocenters. The van der Waals surface area contributed by atoms with Crippen LogP contribution in [0.2, 0.25) is 0 Å². The van der Waals surface area contributed by atoms with Crippen LogP contribution in [0.25, 0.3) is 0 Å². The van der Waals surface area contributed by atoms with Gasteiger partial charge in [-0.3, -0.25) is 4.90 Å². The summed E-state index contributed by atoms with van der Waals surface area (Å²) in [4.78, 5) is 12.9. The van der Waals surface area contributed by atoms with Crippen molar-refractivity contribution in [3.05, 3.63) is 35.7 Å². The topological polar surface area (TPSA) is 29.5 Å². The van der Waals surface area contributed by atoms with Crippen LogP contribution >= 0.6 is 0 Å². The molecule has 70 valence electrons. The number of carbonyl (C=O) groups is 1. The Balaban J connectivity index is 2.99. The molecule has 0 aromatic heterocycles. The third-order valence-electron chi connectivity index (χ3n) is 1.85. The van der Waals surface area contributed by atoms with Crippen LogP contribution in [0.3, 0.4) is 0 Å². The van der Waals surface area contributed by atoms with Crippen molar-refractivity contribution in [3.8, 4) is 0 Å². The quantitative estimate of drug-likeness (QED) is 0.571. The summed E-state index contributed by atoms with van der Waals surface area (Å²) < 4.78 is 4.66. The van der Waals surface area contributed by atoms with Crippen LogP contribution < -0.4 is 0 Å².